The van der Waals surface area contributed by atoms with E-state index in [-0.39, 0.29) is 30.3 Å². The lowest BCUT2D eigenvalue weighted by atomic mass is 10.1. The fourth-order valence-corrected chi connectivity index (χ4v) is 9.71. The molecule has 64 heavy (non-hydrogen) atoms. The van der Waals surface area contributed by atoms with Crippen molar-refractivity contribution in [3.05, 3.63) is 86.4 Å². The first kappa shape index (κ1) is 46.1. The number of nitrogens with one attached hydrogen (secondary N) is 1. The maximum Gasteiger partial charge on any atom is 0.276 e. The van der Waals surface area contributed by atoms with Gasteiger partial charge < -0.3 is 35.1 Å². The molecule has 0 bridgehead atoms. The van der Waals surface area contributed by atoms with Crippen molar-refractivity contribution in [2.45, 2.75) is 78.4 Å². The number of hydrogen-bond acceptors (Lipinski definition) is 13. The van der Waals surface area contributed by atoms with Gasteiger partial charge in [-0.1, -0.05) is 26.0 Å². The summed E-state index contributed by atoms with van der Waals surface area (Å²) in [6.45, 7) is 17.2. The number of thioether (sulfide) groups is 1. The minimum Gasteiger partial charge on any atom is -0.491 e. The Labute approximate surface area is 380 Å². The smallest absolute Gasteiger partial charge is 0.276 e. The number of carbonyl (C=O) groups is 4. The fraction of sp³-hybridized carbons (Fsp3) is 0.422. The van der Waals surface area contributed by atoms with Gasteiger partial charge in [0.05, 0.1) is 50.9 Å². The van der Waals surface area contributed by atoms with Gasteiger partial charge in [-0.2, -0.15) is 5.10 Å². The molecular weight excluding hydrogens is 853 g/mol. The van der Waals surface area contributed by atoms with Crippen LogP contribution in [-0.4, -0.2) is 119 Å². The van der Waals surface area contributed by atoms with Gasteiger partial charge in [0, 0.05) is 68.4 Å². The molecule has 1 aliphatic heterocycles. The molecule has 4 aromatic heterocycles. The van der Waals surface area contributed by atoms with Crippen molar-refractivity contribution in [1.82, 2.24) is 43.7 Å². The van der Waals surface area contributed by atoms with Gasteiger partial charge in [0.1, 0.15) is 22.8 Å². The number of hydrogen-bond donors (Lipinski definition) is 3. The van der Waals surface area contributed by atoms with E-state index in [9.17, 15) is 19.2 Å². The average molecular weight is 909 g/mol. The van der Waals surface area contributed by atoms with Crippen LogP contribution in [0.25, 0.3) is 22.1 Å². The number of nitrogens with zero attached hydrogens (tertiary/aromatic N) is 9. The van der Waals surface area contributed by atoms with E-state index in [1.807, 2.05) is 55.2 Å². The summed E-state index contributed by atoms with van der Waals surface area (Å²) in [5.41, 5.74) is 16.3. The predicted octanol–water partition coefficient (Wildman–Crippen LogP) is 5.50. The van der Waals surface area contributed by atoms with Crippen molar-refractivity contribution >= 4 is 74.6 Å². The average Bonchev–Trinajstić information content (AvgIpc) is 4.05. The van der Waals surface area contributed by atoms with Crippen LogP contribution < -0.4 is 21.5 Å². The Bertz CT molecular complexity index is 2740. The largest absolute Gasteiger partial charge is 0.491 e. The standard InChI is InChI=1S/C45H56N12O5S2/c1-7-31-41(64-28(5)48-31)35(58)26-38-49-33-23-30(43(47)60)25-37(63-6)40(33)55(38)14-10-11-15-56-39-32(50-45(56)51-44(61)34-21-27(4)52-57(34)9-3)22-29(42(46)59)24-36(39)62-20-12-13-54-18-16-53(8-2)17-19-54/h10-11,21-25H,7-9,12-20,26H2,1-6H3,(H2,46,59)(H2,47,60)(H,50,51,61)/b11-10+. The van der Waals surface area contributed by atoms with E-state index in [1.165, 1.54) is 23.1 Å². The molecule has 0 spiro atoms. The van der Waals surface area contributed by atoms with Crippen molar-refractivity contribution in [3.8, 4) is 5.75 Å². The molecule has 6 aromatic rings. The summed E-state index contributed by atoms with van der Waals surface area (Å²) in [4.78, 5) is 73.3. The first-order chi connectivity index (χ1) is 30.8. The van der Waals surface area contributed by atoms with Crippen LogP contribution in [0.5, 0.6) is 5.75 Å². The second-order valence-electron chi connectivity index (χ2n) is 15.7. The Morgan fingerprint density at radius 2 is 1.52 bits per heavy atom. The van der Waals surface area contributed by atoms with E-state index in [2.05, 4.69) is 32.1 Å². The predicted molar refractivity (Wildman–Crippen MR) is 251 cm³/mol. The van der Waals surface area contributed by atoms with Crippen molar-refractivity contribution in [2.75, 3.05) is 57.4 Å². The Morgan fingerprint density at radius 3 is 2.17 bits per heavy atom. The van der Waals surface area contributed by atoms with Gasteiger partial charge >= 0.3 is 0 Å². The lowest BCUT2D eigenvalue weighted by Gasteiger charge is -2.33. The number of likely N-dealkylation sites (N-methyl/N-ethyl adjacent to an activating group) is 1. The van der Waals surface area contributed by atoms with Crippen LogP contribution in [0.2, 0.25) is 0 Å². The molecule has 7 rings (SSSR count). The molecule has 1 saturated heterocycles. The van der Waals surface area contributed by atoms with E-state index in [1.54, 1.807) is 35.0 Å². The van der Waals surface area contributed by atoms with Crippen LogP contribution in [0.15, 0.2) is 47.4 Å². The maximum atomic E-state index is 13.9. The molecule has 5 N–H and O–H groups in total. The van der Waals surface area contributed by atoms with E-state index >= 15 is 0 Å². The molecule has 0 aliphatic carbocycles. The summed E-state index contributed by atoms with van der Waals surface area (Å²) in [5.74, 6) is -0.506. The number of Topliss-reactive ketones (excluding diaryl/α,β-unsaturated/α-hetero) is 1. The van der Waals surface area contributed by atoms with E-state index in [0.717, 1.165) is 66.8 Å². The highest BCUT2D eigenvalue weighted by molar-refractivity contribution is 7.98. The number of ether oxygens (including phenoxy) is 1. The summed E-state index contributed by atoms with van der Waals surface area (Å²) in [7, 11) is 0. The number of carbonyl (C=O) groups excluding carboxylic acids is 4. The summed E-state index contributed by atoms with van der Waals surface area (Å²) < 4.78 is 11.9. The number of rotatable bonds is 20. The van der Waals surface area contributed by atoms with E-state index in [0.29, 0.717) is 76.1 Å². The monoisotopic (exact) mass is 908 g/mol. The lowest BCUT2D eigenvalue weighted by molar-refractivity contribution is 0.0986. The summed E-state index contributed by atoms with van der Waals surface area (Å²) in [6.07, 6.45) is 7.22. The van der Waals surface area contributed by atoms with Crippen LogP contribution >= 0.6 is 23.1 Å². The number of ketones is 1. The Kier molecular flexibility index (Phi) is 14.6. The number of benzene rings is 2. The molecule has 0 radical (unpaired) electrons. The molecule has 3 amide bonds. The fourth-order valence-electron chi connectivity index (χ4n) is 8.11. The van der Waals surface area contributed by atoms with Crippen LogP contribution in [0.4, 0.5) is 5.95 Å². The highest BCUT2D eigenvalue weighted by Gasteiger charge is 2.24. The minimum absolute atomic E-state index is 0.0187. The number of anilines is 1. The minimum atomic E-state index is -0.631. The topological polar surface area (TPSA) is 214 Å². The normalized spacial score (nSPS) is 13.7. The molecule has 2 aromatic carbocycles. The Morgan fingerprint density at radius 1 is 0.844 bits per heavy atom. The molecular formula is C45H56N12O5S2. The van der Waals surface area contributed by atoms with Gasteiger partial charge in [-0.25, -0.2) is 15.0 Å². The quantitative estimate of drug-likeness (QED) is 0.0375. The molecule has 1 fully saturated rings. The molecule has 5 heterocycles. The zero-order valence-corrected chi connectivity index (χ0v) is 38.9. The van der Waals surface area contributed by atoms with Crippen molar-refractivity contribution in [3.63, 3.8) is 0 Å². The SMILES string of the molecule is CCc1nc(C)sc1C(=O)Cc1nc2cc(C(N)=O)cc(SC)c2n1C/C=C/Cn1c(NC(=O)c2cc(C)nn2CC)nc2cc(C(N)=O)cc(OCCCN3CCN(CC)CC3)c21. The molecule has 17 nitrogen and oxygen atoms in total. The van der Waals surface area contributed by atoms with Gasteiger partial charge in [0.2, 0.25) is 17.8 Å². The number of allylic oxidation sites excluding steroid dienone is 2. The third-order valence-electron chi connectivity index (χ3n) is 11.4. The molecule has 19 heteroatoms. The van der Waals surface area contributed by atoms with Crippen LogP contribution in [0.1, 0.15) is 90.3 Å². The first-order valence-electron chi connectivity index (χ1n) is 21.6. The first-order valence-corrected chi connectivity index (χ1v) is 23.6. The van der Waals surface area contributed by atoms with E-state index in [4.69, 9.17) is 26.2 Å². The number of aromatic nitrogens is 7. The molecule has 0 atom stereocenters. The van der Waals surface area contributed by atoms with Crippen LogP contribution in [0, 0.1) is 13.8 Å². The number of nitrogens with two attached hydrogens (primary N) is 2. The number of primary amides is 2. The zero-order valence-electron chi connectivity index (χ0n) is 37.3. The molecule has 1 aliphatic rings. The van der Waals surface area contributed by atoms with Crippen molar-refractivity contribution in [2.24, 2.45) is 11.5 Å². The highest BCUT2D eigenvalue weighted by atomic mass is 32.2. The third-order valence-corrected chi connectivity index (χ3v) is 13.2. The Balaban J connectivity index is 1.24. The summed E-state index contributed by atoms with van der Waals surface area (Å²) in [6, 6.07) is 8.37. The molecule has 0 saturated carbocycles. The zero-order chi connectivity index (χ0) is 45.7. The van der Waals surface area contributed by atoms with Crippen LogP contribution in [-0.2, 0) is 32.5 Å². The van der Waals surface area contributed by atoms with Crippen molar-refractivity contribution in [1.29, 1.82) is 0 Å². The van der Waals surface area contributed by atoms with Gasteiger partial charge in [0.25, 0.3) is 5.91 Å². The molecule has 338 valence electrons. The lowest BCUT2D eigenvalue weighted by Crippen LogP contribution is -2.46. The van der Waals surface area contributed by atoms with Gasteiger partial charge in [-0.3, -0.25) is 29.2 Å². The Hall–Kier alpha value is -5.89. The van der Waals surface area contributed by atoms with Gasteiger partial charge in [-0.15, -0.1) is 23.1 Å². The number of amides is 3. The number of imidazole rings is 2. The summed E-state index contributed by atoms with van der Waals surface area (Å²) in [5, 5.41) is 8.28. The van der Waals surface area contributed by atoms with Crippen LogP contribution in [0.3, 0.4) is 0 Å². The van der Waals surface area contributed by atoms with Gasteiger partial charge in [0.15, 0.2) is 5.78 Å². The van der Waals surface area contributed by atoms with Crippen molar-refractivity contribution < 1.29 is 23.9 Å². The number of aryl methyl sites for hydroxylation is 4. The summed E-state index contributed by atoms with van der Waals surface area (Å²) >= 11 is 2.83. The number of thiazole rings is 1. The third kappa shape index (κ3) is 10.1. The van der Waals surface area contributed by atoms with E-state index < -0.39 is 17.7 Å². The second-order valence-corrected chi connectivity index (χ2v) is 17.7. The second kappa shape index (κ2) is 20.3. The number of piperazine rings is 1. The number of fused-ring (bicyclic) bond motifs is 2. The molecule has 0 unspecified atom stereocenters. The maximum absolute atomic E-state index is 13.9. The highest BCUT2D eigenvalue weighted by Crippen LogP contribution is 2.33. The van der Waals surface area contributed by atoms with Gasteiger partial charge in [-0.05, 0) is 76.7 Å².